The van der Waals surface area contributed by atoms with Gasteiger partial charge < -0.3 is 4.52 Å². The Morgan fingerprint density at radius 2 is 2.00 bits per heavy atom. The van der Waals surface area contributed by atoms with Crippen molar-refractivity contribution in [3.8, 4) is 11.3 Å². The number of aryl methyl sites for hydroxylation is 3. The van der Waals surface area contributed by atoms with Gasteiger partial charge in [0.2, 0.25) is 0 Å². The topological polar surface area (TPSA) is 68.0 Å². The van der Waals surface area contributed by atoms with Crippen LogP contribution < -0.4 is 5.32 Å². The minimum atomic E-state index is -0.248. The highest BCUT2D eigenvalue weighted by molar-refractivity contribution is 7.16. The molecule has 1 amide bonds. The number of nitrogens with one attached hydrogen (secondary N) is 1. The van der Waals surface area contributed by atoms with E-state index in [1.807, 2.05) is 38.1 Å². The molecule has 1 aromatic carbocycles. The van der Waals surface area contributed by atoms with Crippen LogP contribution in [-0.2, 0) is 6.42 Å². The Balaban J connectivity index is 1.86. The lowest BCUT2D eigenvalue weighted by atomic mass is 10.1. The molecule has 0 unspecified atom stereocenters. The molecule has 0 saturated heterocycles. The maximum Gasteiger partial charge on any atom is 0.262 e. The molecule has 5 nitrogen and oxygen atoms in total. The number of thiazole rings is 1. The molecule has 0 saturated carbocycles. The van der Waals surface area contributed by atoms with Crippen LogP contribution in [0.3, 0.4) is 0 Å². The smallest absolute Gasteiger partial charge is 0.262 e. The van der Waals surface area contributed by atoms with Gasteiger partial charge in [-0.2, -0.15) is 0 Å². The van der Waals surface area contributed by atoms with E-state index >= 15 is 0 Å². The summed E-state index contributed by atoms with van der Waals surface area (Å²) in [7, 11) is 0. The Morgan fingerprint density at radius 1 is 1.29 bits per heavy atom. The second-order valence-corrected chi connectivity index (χ2v) is 6.94. The minimum Gasteiger partial charge on any atom is -0.361 e. The van der Waals surface area contributed by atoms with Crippen molar-refractivity contribution in [2.75, 3.05) is 5.32 Å². The molecule has 2 heterocycles. The highest BCUT2D eigenvalue weighted by atomic mass is 35.5. The molecule has 7 heteroatoms. The molecule has 2 aromatic heterocycles. The molecule has 3 aromatic rings. The zero-order valence-corrected chi connectivity index (χ0v) is 15.1. The Kier molecular flexibility index (Phi) is 4.69. The number of hydrogen-bond acceptors (Lipinski definition) is 5. The fraction of sp³-hybridized carbons (Fsp3) is 0.235. The molecule has 124 valence electrons. The van der Waals surface area contributed by atoms with Crippen LogP contribution in [0.1, 0.15) is 33.6 Å². The Morgan fingerprint density at radius 3 is 2.67 bits per heavy atom. The van der Waals surface area contributed by atoms with E-state index in [2.05, 4.69) is 15.5 Å². The first-order chi connectivity index (χ1) is 11.5. The van der Waals surface area contributed by atoms with E-state index in [0.717, 1.165) is 16.1 Å². The summed E-state index contributed by atoms with van der Waals surface area (Å²) < 4.78 is 5.11. The van der Waals surface area contributed by atoms with Crippen LogP contribution in [0.4, 0.5) is 5.13 Å². The van der Waals surface area contributed by atoms with E-state index in [9.17, 15) is 4.79 Å². The van der Waals surface area contributed by atoms with Gasteiger partial charge in [-0.15, -0.1) is 11.3 Å². The van der Waals surface area contributed by atoms with Crippen LogP contribution in [0.25, 0.3) is 11.3 Å². The van der Waals surface area contributed by atoms with Crippen molar-refractivity contribution < 1.29 is 9.32 Å². The van der Waals surface area contributed by atoms with E-state index in [1.54, 1.807) is 6.92 Å². The van der Waals surface area contributed by atoms with E-state index < -0.39 is 0 Å². The summed E-state index contributed by atoms with van der Waals surface area (Å²) in [6, 6.07) is 7.47. The third-order valence-corrected chi connectivity index (χ3v) is 4.77. The van der Waals surface area contributed by atoms with Gasteiger partial charge in [-0.1, -0.05) is 35.8 Å². The van der Waals surface area contributed by atoms with Crippen molar-refractivity contribution in [1.82, 2.24) is 10.1 Å². The predicted molar refractivity (Wildman–Crippen MR) is 95.9 cm³/mol. The fourth-order valence-corrected chi connectivity index (χ4v) is 3.39. The number of rotatable bonds is 4. The number of hydrogen-bond donors (Lipinski definition) is 1. The molecule has 1 N–H and O–H groups in total. The number of carbonyl (C=O) groups excluding carboxylic acids is 1. The summed E-state index contributed by atoms with van der Waals surface area (Å²) >= 11 is 7.36. The average molecular weight is 362 g/mol. The molecular weight excluding hydrogens is 346 g/mol. The van der Waals surface area contributed by atoms with Gasteiger partial charge in [0.25, 0.3) is 5.91 Å². The molecular formula is C17H16ClN3O2S. The minimum absolute atomic E-state index is 0.248. The standard InChI is InChI=1S/C17H16ClN3O2S/c1-4-13-14(9(2)23-21-13)16(22)20-17-19-15(10(3)24-17)11-5-7-12(18)8-6-11/h5-8H,4H2,1-3H3,(H,19,20,22). The highest BCUT2D eigenvalue weighted by Gasteiger charge is 2.21. The zero-order chi connectivity index (χ0) is 17.3. The Hall–Kier alpha value is -2.18. The van der Waals surface area contributed by atoms with E-state index in [0.29, 0.717) is 33.6 Å². The molecule has 0 atom stereocenters. The van der Waals surface area contributed by atoms with Gasteiger partial charge in [-0.05, 0) is 32.4 Å². The van der Waals surface area contributed by atoms with Crippen LogP contribution in [0.2, 0.25) is 5.02 Å². The molecule has 0 aliphatic heterocycles. The zero-order valence-electron chi connectivity index (χ0n) is 13.5. The Bertz CT molecular complexity index is 884. The van der Waals surface area contributed by atoms with Gasteiger partial charge in [0.05, 0.1) is 11.4 Å². The van der Waals surface area contributed by atoms with Gasteiger partial charge >= 0.3 is 0 Å². The molecule has 0 aliphatic rings. The third-order valence-electron chi connectivity index (χ3n) is 3.63. The number of carbonyl (C=O) groups is 1. The maximum absolute atomic E-state index is 12.5. The van der Waals surface area contributed by atoms with Crippen molar-refractivity contribution in [2.45, 2.75) is 27.2 Å². The quantitative estimate of drug-likeness (QED) is 0.718. The van der Waals surface area contributed by atoms with Crippen LogP contribution >= 0.6 is 22.9 Å². The summed E-state index contributed by atoms with van der Waals surface area (Å²) in [5.41, 5.74) is 2.93. The van der Waals surface area contributed by atoms with Crippen LogP contribution in [0.5, 0.6) is 0 Å². The highest BCUT2D eigenvalue weighted by Crippen LogP contribution is 2.31. The monoisotopic (exact) mass is 361 g/mol. The number of aromatic nitrogens is 2. The van der Waals surface area contributed by atoms with Gasteiger partial charge in [0.1, 0.15) is 11.3 Å². The van der Waals surface area contributed by atoms with Crippen molar-refractivity contribution in [1.29, 1.82) is 0 Å². The average Bonchev–Trinajstić information content (AvgIpc) is 3.10. The second kappa shape index (κ2) is 6.75. The molecule has 0 radical (unpaired) electrons. The molecule has 0 spiro atoms. The predicted octanol–water partition coefficient (Wildman–Crippen LogP) is 4.88. The molecule has 0 fully saturated rings. The SMILES string of the molecule is CCc1noc(C)c1C(=O)Nc1nc(-c2ccc(Cl)cc2)c(C)s1. The van der Waals surface area contributed by atoms with E-state index in [-0.39, 0.29) is 5.91 Å². The van der Waals surface area contributed by atoms with Crippen LogP contribution in [0.15, 0.2) is 28.8 Å². The summed E-state index contributed by atoms with van der Waals surface area (Å²) in [5.74, 6) is 0.262. The van der Waals surface area contributed by atoms with Crippen molar-refractivity contribution >= 4 is 34.0 Å². The lowest BCUT2D eigenvalue weighted by Crippen LogP contribution is -2.14. The summed E-state index contributed by atoms with van der Waals surface area (Å²) in [4.78, 5) is 18.1. The normalized spacial score (nSPS) is 10.8. The van der Waals surface area contributed by atoms with Crippen LogP contribution in [-0.4, -0.2) is 16.0 Å². The van der Waals surface area contributed by atoms with E-state index in [1.165, 1.54) is 11.3 Å². The number of anilines is 1. The maximum atomic E-state index is 12.5. The lowest BCUT2D eigenvalue weighted by Gasteiger charge is -2.01. The Labute approximate surface area is 148 Å². The number of benzene rings is 1. The first-order valence-corrected chi connectivity index (χ1v) is 8.69. The van der Waals surface area contributed by atoms with Gasteiger partial charge in [-0.25, -0.2) is 4.98 Å². The fourth-order valence-electron chi connectivity index (χ4n) is 2.44. The summed E-state index contributed by atoms with van der Waals surface area (Å²) in [6.07, 6.45) is 0.632. The summed E-state index contributed by atoms with van der Waals surface area (Å²) in [6.45, 7) is 5.63. The number of amides is 1. The second-order valence-electron chi connectivity index (χ2n) is 5.30. The molecule has 3 rings (SSSR count). The van der Waals surface area contributed by atoms with Crippen LogP contribution in [0, 0.1) is 13.8 Å². The van der Waals surface area contributed by atoms with E-state index in [4.69, 9.17) is 16.1 Å². The first-order valence-electron chi connectivity index (χ1n) is 7.49. The number of halogens is 1. The molecule has 24 heavy (non-hydrogen) atoms. The van der Waals surface area contributed by atoms with Crippen molar-refractivity contribution in [3.05, 3.63) is 51.2 Å². The molecule has 0 bridgehead atoms. The van der Waals surface area contributed by atoms with Gasteiger partial charge in [0.15, 0.2) is 5.13 Å². The largest absolute Gasteiger partial charge is 0.361 e. The first kappa shape index (κ1) is 16.7. The van der Waals surface area contributed by atoms with Gasteiger partial charge in [0, 0.05) is 15.5 Å². The summed E-state index contributed by atoms with van der Waals surface area (Å²) in [5, 5.41) is 7.98. The number of nitrogens with zero attached hydrogens (tertiary/aromatic N) is 2. The third kappa shape index (κ3) is 3.20. The van der Waals surface area contributed by atoms with Gasteiger partial charge in [-0.3, -0.25) is 10.1 Å². The van der Waals surface area contributed by atoms with Crippen molar-refractivity contribution in [2.24, 2.45) is 0 Å². The molecule has 0 aliphatic carbocycles. The van der Waals surface area contributed by atoms with Crippen molar-refractivity contribution in [3.63, 3.8) is 0 Å². The lowest BCUT2D eigenvalue weighted by molar-refractivity contribution is 0.102.